The summed E-state index contributed by atoms with van der Waals surface area (Å²) in [6.45, 7) is 0. The van der Waals surface area contributed by atoms with E-state index in [1.807, 2.05) is 42.1 Å². The molecule has 3 aromatic rings. The quantitative estimate of drug-likeness (QED) is 0.571. The van der Waals surface area contributed by atoms with Crippen LogP contribution >= 0.6 is 11.6 Å². The Bertz CT molecular complexity index is 847. The van der Waals surface area contributed by atoms with Crippen LogP contribution in [0.15, 0.2) is 53.8 Å². The summed E-state index contributed by atoms with van der Waals surface area (Å²) in [6, 6.07) is 12.7. The van der Waals surface area contributed by atoms with Crippen molar-refractivity contribution < 1.29 is 4.79 Å². The van der Waals surface area contributed by atoms with Gasteiger partial charge in [-0.2, -0.15) is 10.2 Å². The van der Waals surface area contributed by atoms with Crippen LogP contribution in [0.5, 0.6) is 0 Å². The molecule has 1 aromatic carbocycles. The first-order chi connectivity index (χ1) is 11.1. The fourth-order valence-electron chi connectivity index (χ4n) is 2.07. The molecule has 6 nitrogen and oxygen atoms in total. The molecule has 2 heterocycles. The summed E-state index contributed by atoms with van der Waals surface area (Å²) >= 11 is 5.80. The van der Waals surface area contributed by atoms with E-state index in [9.17, 15) is 4.79 Å². The molecule has 0 saturated heterocycles. The number of rotatable bonds is 4. The molecular formula is C16H14ClN5O. The van der Waals surface area contributed by atoms with Crippen LogP contribution in [0.3, 0.4) is 0 Å². The van der Waals surface area contributed by atoms with E-state index in [4.69, 9.17) is 11.6 Å². The van der Waals surface area contributed by atoms with Gasteiger partial charge in [0.05, 0.1) is 11.9 Å². The Morgan fingerprint density at radius 1 is 1.35 bits per heavy atom. The Morgan fingerprint density at radius 2 is 2.13 bits per heavy atom. The van der Waals surface area contributed by atoms with Crippen molar-refractivity contribution in [1.29, 1.82) is 0 Å². The second-order valence-corrected chi connectivity index (χ2v) is 5.36. The van der Waals surface area contributed by atoms with Crippen LogP contribution in [0.2, 0.25) is 5.02 Å². The Kier molecular flexibility index (Phi) is 4.25. The highest BCUT2D eigenvalue weighted by Crippen LogP contribution is 2.17. The summed E-state index contributed by atoms with van der Waals surface area (Å²) in [5.41, 5.74) is 5.25. The largest absolute Gasteiger partial charge is 0.349 e. The number of hydrazone groups is 1. The molecule has 0 fully saturated rings. The van der Waals surface area contributed by atoms with E-state index < -0.39 is 0 Å². The average molecular weight is 328 g/mol. The third-order valence-corrected chi connectivity index (χ3v) is 3.53. The van der Waals surface area contributed by atoms with Crippen LogP contribution in [0.25, 0.3) is 11.4 Å². The van der Waals surface area contributed by atoms with Gasteiger partial charge in [-0.25, -0.2) is 5.43 Å². The number of aryl methyl sites for hydroxylation is 1. The first kappa shape index (κ1) is 15.1. The third kappa shape index (κ3) is 3.49. The summed E-state index contributed by atoms with van der Waals surface area (Å²) in [5.74, 6) is -0.358. The Labute approximate surface area is 137 Å². The maximum atomic E-state index is 12.0. The molecule has 0 aliphatic heterocycles. The summed E-state index contributed by atoms with van der Waals surface area (Å²) in [7, 11) is 1.92. The molecule has 0 unspecified atom stereocenters. The molecule has 0 aliphatic rings. The van der Waals surface area contributed by atoms with Crippen LogP contribution in [-0.4, -0.2) is 26.9 Å². The number of H-pyrrole nitrogens is 1. The number of aromatic nitrogens is 3. The lowest BCUT2D eigenvalue weighted by molar-refractivity contribution is 0.0950. The molecule has 0 atom stereocenters. The summed E-state index contributed by atoms with van der Waals surface area (Å²) in [5, 5.41) is 11.4. The predicted octanol–water partition coefficient (Wildman–Crippen LogP) is 2.83. The first-order valence-corrected chi connectivity index (χ1v) is 7.27. The third-order valence-electron chi connectivity index (χ3n) is 3.28. The first-order valence-electron chi connectivity index (χ1n) is 6.89. The fourth-order valence-corrected chi connectivity index (χ4v) is 2.20. The number of carbonyl (C=O) groups is 1. The van der Waals surface area contributed by atoms with Crippen molar-refractivity contribution >= 4 is 23.7 Å². The number of aromatic amines is 1. The molecule has 2 aromatic heterocycles. The molecule has 3 rings (SSSR count). The van der Waals surface area contributed by atoms with Gasteiger partial charge in [-0.15, -0.1) is 0 Å². The maximum Gasteiger partial charge on any atom is 0.289 e. The lowest BCUT2D eigenvalue weighted by Crippen LogP contribution is -2.17. The summed E-state index contributed by atoms with van der Waals surface area (Å²) in [4.78, 5) is 12.0. The van der Waals surface area contributed by atoms with Gasteiger partial charge in [0.1, 0.15) is 11.4 Å². The molecular weight excluding hydrogens is 314 g/mol. The van der Waals surface area contributed by atoms with Crippen molar-refractivity contribution in [2.45, 2.75) is 0 Å². The number of nitrogens with one attached hydrogen (secondary N) is 2. The lowest BCUT2D eigenvalue weighted by Gasteiger charge is -1.97. The minimum atomic E-state index is -0.358. The number of benzene rings is 1. The highest BCUT2D eigenvalue weighted by atomic mass is 35.5. The van der Waals surface area contributed by atoms with E-state index in [1.165, 1.54) is 0 Å². The lowest BCUT2D eigenvalue weighted by atomic mass is 10.2. The number of nitrogens with zero attached hydrogens (tertiary/aromatic N) is 3. The van der Waals surface area contributed by atoms with E-state index in [-0.39, 0.29) is 5.91 Å². The monoisotopic (exact) mass is 327 g/mol. The topological polar surface area (TPSA) is 75.1 Å². The minimum absolute atomic E-state index is 0.342. The predicted molar refractivity (Wildman–Crippen MR) is 89.5 cm³/mol. The van der Waals surface area contributed by atoms with Gasteiger partial charge in [0.2, 0.25) is 0 Å². The van der Waals surface area contributed by atoms with Crippen LogP contribution in [0.4, 0.5) is 0 Å². The van der Waals surface area contributed by atoms with Gasteiger partial charge in [-0.1, -0.05) is 23.7 Å². The molecule has 0 saturated carbocycles. The Hall–Kier alpha value is -2.86. The molecule has 2 N–H and O–H groups in total. The molecule has 0 radical (unpaired) electrons. The molecule has 1 amide bonds. The van der Waals surface area contributed by atoms with E-state index in [0.29, 0.717) is 16.4 Å². The van der Waals surface area contributed by atoms with Gasteiger partial charge in [0, 0.05) is 18.3 Å². The summed E-state index contributed by atoms with van der Waals surface area (Å²) < 4.78 is 1.93. The standard InChI is InChI=1S/C16H14ClN5O/c1-22-8-2-3-15(22)13-9-14(20-19-13)16(23)21-18-10-11-4-6-12(17)7-5-11/h2-10H,1H3,(H,19,20)(H,21,23)/b18-10+. The zero-order valence-electron chi connectivity index (χ0n) is 12.3. The van der Waals surface area contributed by atoms with E-state index in [0.717, 1.165) is 11.3 Å². The SMILES string of the molecule is Cn1cccc1-c1cc(C(=O)N/N=C/c2ccc(Cl)cc2)[nH]n1. The van der Waals surface area contributed by atoms with Crippen molar-refractivity contribution in [3.63, 3.8) is 0 Å². The summed E-state index contributed by atoms with van der Waals surface area (Å²) in [6.07, 6.45) is 3.46. The highest BCUT2D eigenvalue weighted by Gasteiger charge is 2.11. The van der Waals surface area contributed by atoms with Gasteiger partial charge < -0.3 is 4.57 Å². The van der Waals surface area contributed by atoms with Gasteiger partial charge in [0.15, 0.2) is 0 Å². The minimum Gasteiger partial charge on any atom is -0.349 e. The highest BCUT2D eigenvalue weighted by molar-refractivity contribution is 6.30. The number of hydrogen-bond acceptors (Lipinski definition) is 3. The van der Waals surface area contributed by atoms with Crippen LogP contribution < -0.4 is 5.43 Å². The second kappa shape index (κ2) is 6.50. The smallest absolute Gasteiger partial charge is 0.289 e. The zero-order chi connectivity index (χ0) is 16.2. The number of hydrogen-bond donors (Lipinski definition) is 2. The van der Waals surface area contributed by atoms with Gasteiger partial charge >= 0.3 is 0 Å². The normalized spacial score (nSPS) is 11.0. The molecule has 7 heteroatoms. The second-order valence-electron chi connectivity index (χ2n) is 4.92. The molecule has 0 spiro atoms. The van der Waals surface area contributed by atoms with Crippen LogP contribution in [0.1, 0.15) is 16.1 Å². The van der Waals surface area contributed by atoms with Crippen molar-refractivity contribution in [2.24, 2.45) is 12.1 Å². The van der Waals surface area contributed by atoms with Gasteiger partial charge in [0.25, 0.3) is 5.91 Å². The number of halogens is 1. The van der Waals surface area contributed by atoms with Gasteiger partial charge in [-0.3, -0.25) is 9.89 Å². The average Bonchev–Trinajstić information content (AvgIpc) is 3.17. The zero-order valence-corrected chi connectivity index (χ0v) is 13.1. The fraction of sp³-hybridized carbons (Fsp3) is 0.0625. The van der Waals surface area contributed by atoms with Crippen molar-refractivity contribution in [2.75, 3.05) is 0 Å². The van der Waals surface area contributed by atoms with E-state index in [1.54, 1.807) is 24.4 Å². The van der Waals surface area contributed by atoms with Crippen LogP contribution in [0, 0.1) is 0 Å². The van der Waals surface area contributed by atoms with Crippen molar-refractivity contribution in [3.8, 4) is 11.4 Å². The van der Waals surface area contributed by atoms with Gasteiger partial charge in [-0.05, 0) is 35.9 Å². The van der Waals surface area contributed by atoms with Crippen LogP contribution in [-0.2, 0) is 7.05 Å². The van der Waals surface area contributed by atoms with Crippen molar-refractivity contribution in [1.82, 2.24) is 20.2 Å². The molecule has 116 valence electrons. The Balaban J connectivity index is 1.66. The molecule has 0 bridgehead atoms. The molecule has 23 heavy (non-hydrogen) atoms. The van der Waals surface area contributed by atoms with Crippen molar-refractivity contribution in [3.05, 3.63) is 64.9 Å². The van der Waals surface area contributed by atoms with E-state index >= 15 is 0 Å². The molecule has 0 aliphatic carbocycles. The maximum absolute atomic E-state index is 12.0. The van der Waals surface area contributed by atoms with E-state index in [2.05, 4.69) is 20.7 Å². The number of amides is 1. The Morgan fingerprint density at radius 3 is 2.83 bits per heavy atom. The number of carbonyl (C=O) groups excluding carboxylic acids is 1.